The van der Waals surface area contributed by atoms with E-state index in [1.807, 2.05) is 0 Å². The molecule has 0 aromatic heterocycles. The molecule has 0 unspecified atom stereocenters. The van der Waals surface area contributed by atoms with Gasteiger partial charge in [0.15, 0.2) is 0 Å². The Kier molecular flexibility index (Phi) is 4.01. The van der Waals surface area contributed by atoms with E-state index in [0.29, 0.717) is 6.04 Å². The number of ether oxygens (including phenoxy) is 2. The first kappa shape index (κ1) is 11.7. The van der Waals surface area contributed by atoms with Crippen LogP contribution in [0.4, 0.5) is 4.79 Å². The van der Waals surface area contributed by atoms with Crippen molar-refractivity contribution < 1.29 is 14.3 Å². The molecule has 1 amide bonds. The summed E-state index contributed by atoms with van der Waals surface area (Å²) in [5.41, 5.74) is 5.01. The summed E-state index contributed by atoms with van der Waals surface area (Å²) in [6, 6.07) is 0.656. The SMILES string of the molecule is NC(=O)OC1CCN(C2CCOCC2)CC1. The van der Waals surface area contributed by atoms with Crippen molar-refractivity contribution in [2.24, 2.45) is 5.73 Å². The van der Waals surface area contributed by atoms with Crippen LogP contribution in [-0.2, 0) is 9.47 Å². The Hall–Kier alpha value is -0.810. The molecule has 0 atom stereocenters. The molecule has 0 spiro atoms. The predicted molar refractivity (Wildman–Crippen MR) is 59.1 cm³/mol. The van der Waals surface area contributed by atoms with Gasteiger partial charge in [0.05, 0.1) is 0 Å². The third-order valence-electron chi connectivity index (χ3n) is 3.47. The molecule has 0 bridgehead atoms. The first-order valence-electron chi connectivity index (χ1n) is 6.03. The molecule has 2 aliphatic heterocycles. The number of carbonyl (C=O) groups is 1. The lowest BCUT2D eigenvalue weighted by atomic mass is 10.0. The molecule has 0 aromatic carbocycles. The van der Waals surface area contributed by atoms with Crippen molar-refractivity contribution in [3.8, 4) is 0 Å². The van der Waals surface area contributed by atoms with Crippen LogP contribution in [0, 0.1) is 0 Å². The maximum absolute atomic E-state index is 10.6. The summed E-state index contributed by atoms with van der Waals surface area (Å²) in [7, 11) is 0. The Labute approximate surface area is 95.9 Å². The van der Waals surface area contributed by atoms with Crippen LogP contribution in [0.1, 0.15) is 25.7 Å². The first-order chi connectivity index (χ1) is 7.75. The number of piperidine rings is 1. The molecule has 2 fully saturated rings. The number of carbonyl (C=O) groups excluding carboxylic acids is 1. The van der Waals surface area contributed by atoms with Crippen LogP contribution >= 0.6 is 0 Å². The van der Waals surface area contributed by atoms with Crippen molar-refractivity contribution in [3.05, 3.63) is 0 Å². The highest BCUT2D eigenvalue weighted by Gasteiger charge is 2.27. The van der Waals surface area contributed by atoms with Crippen LogP contribution in [0.5, 0.6) is 0 Å². The fourth-order valence-electron chi connectivity index (χ4n) is 2.57. The Morgan fingerprint density at radius 1 is 1.19 bits per heavy atom. The van der Waals surface area contributed by atoms with E-state index in [9.17, 15) is 4.79 Å². The van der Waals surface area contributed by atoms with E-state index < -0.39 is 6.09 Å². The fourth-order valence-corrected chi connectivity index (χ4v) is 2.57. The number of likely N-dealkylation sites (tertiary alicyclic amines) is 1. The van der Waals surface area contributed by atoms with Gasteiger partial charge < -0.3 is 15.2 Å². The van der Waals surface area contributed by atoms with E-state index in [0.717, 1.165) is 52.0 Å². The molecule has 0 radical (unpaired) electrons. The van der Waals surface area contributed by atoms with Crippen molar-refractivity contribution in [3.63, 3.8) is 0 Å². The summed E-state index contributed by atoms with van der Waals surface area (Å²) >= 11 is 0. The molecular weight excluding hydrogens is 208 g/mol. The number of nitrogens with zero attached hydrogens (tertiary/aromatic N) is 1. The monoisotopic (exact) mass is 228 g/mol. The number of hydrogen-bond acceptors (Lipinski definition) is 4. The lowest BCUT2D eigenvalue weighted by Gasteiger charge is -2.38. The summed E-state index contributed by atoms with van der Waals surface area (Å²) in [4.78, 5) is 13.1. The molecule has 2 heterocycles. The van der Waals surface area contributed by atoms with Crippen molar-refractivity contribution in [1.29, 1.82) is 0 Å². The number of hydrogen-bond donors (Lipinski definition) is 1. The minimum Gasteiger partial charge on any atom is -0.446 e. The van der Waals surface area contributed by atoms with E-state index in [1.165, 1.54) is 0 Å². The second-order valence-corrected chi connectivity index (χ2v) is 4.52. The van der Waals surface area contributed by atoms with E-state index in [2.05, 4.69) is 4.90 Å². The lowest BCUT2D eigenvalue weighted by molar-refractivity contribution is 0.00136. The summed E-state index contributed by atoms with van der Waals surface area (Å²) in [5.74, 6) is 0. The van der Waals surface area contributed by atoms with Crippen LogP contribution in [-0.4, -0.2) is 49.4 Å². The van der Waals surface area contributed by atoms with Gasteiger partial charge in [-0.2, -0.15) is 0 Å². The second-order valence-electron chi connectivity index (χ2n) is 4.52. The van der Waals surface area contributed by atoms with E-state index in [1.54, 1.807) is 0 Å². The van der Waals surface area contributed by atoms with Crippen molar-refractivity contribution in [2.75, 3.05) is 26.3 Å². The van der Waals surface area contributed by atoms with Gasteiger partial charge in [-0.15, -0.1) is 0 Å². The highest BCUT2D eigenvalue weighted by Crippen LogP contribution is 2.21. The summed E-state index contributed by atoms with van der Waals surface area (Å²) in [5, 5.41) is 0. The Morgan fingerprint density at radius 2 is 1.81 bits per heavy atom. The maximum atomic E-state index is 10.6. The van der Waals surface area contributed by atoms with Crippen LogP contribution in [0.2, 0.25) is 0 Å². The number of amides is 1. The first-order valence-corrected chi connectivity index (χ1v) is 6.03. The minimum atomic E-state index is -0.649. The zero-order valence-corrected chi connectivity index (χ0v) is 9.56. The van der Waals surface area contributed by atoms with Crippen LogP contribution < -0.4 is 5.73 Å². The summed E-state index contributed by atoms with van der Waals surface area (Å²) in [6.07, 6.45) is 3.43. The van der Waals surface area contributed by atoms with Crippen molar-refractivity contribution in [2.45, 2.75) is 37.8 Å². The van der Waals surface area contributed by atoms with Crippen LogP contribution in [0.25, 0.3) is 0 Å². The van der Waals surface area contributed by atoms with E-state index in [-0.39, 0.29) is 6.10 Å². The molecule has 0 saturated carbocycles. The third kappa shape index (κ3) is 3.09. The Bertz CT molecular complexity index is 233. The van der Waals surface area contributed by atoms with Gasteiger partial charge in [-0.3, -0.25) is 4.90 Å². The third-order valence-corrected chi connectivity index (χ3v) is 3.47. The van der Waals surface area contributed by atoms with Gasteiger partial charge in [-0.05, 0) is 25.7 Å². The molecule has 16 heavy (non-hydrogen) atoms. The molecule has 92 valence electrons. The van der Waals surface area contributed by atoms with Gasteiger partial charge in [0.2, 0.25) is 0 Å². The number of rotatable bonds is 2. The van der Waals surface area contributed by atoms with Gasteiger partial charge in [0.25, 0.3) is 0 Å². The zero-order valence-electron chi connectivity index (χ0n) is 9.56. The molecule has 5 nitrogen and oxygen atoms in total. The predicted octanol–water partition coefficient (Wildman–Crippen LogP) is 0.725. The maximum Gasteiger partial charge on any atom is 0.404 e. The fraction of sp³-hybridized carbons (Fsp3) is 0.909. The highest BCUT2D eigenvalue weighted by atomic mass is 16.6. The second kappa shape index (κ2) is 5.50. The minimum absolute atomic E-state index is 0.0218. The number of nitrogens with two attached hydrogens (primary N) is 1. The quantitative estimate of drug-likeness (QED) is 0.756. The molecule has 0 aromatic rings. The Morgan fingerprint density at radius 3 is 2.38 bits per heavy atom. The largest absolute Gasteiger partial charge is 0.446 e. The van der Waals surface area contributed by atoms with Crippen molar-refractivity contribution >= 4 is 6.09 Å². The number of primary amides is 1. The van der Waals surface area contributed by atoms with Gasteiger partial charge >= 0.3 is 6.09 Å². The highest BCUT2D eigenvalue weighted by molar-refractivity contribution is 5.64. The van der Waals surface area contributed by atoms with Crippen LogP contribution in [0.15, 0.2) is 0 Å². The van der Waals surface area contributed by atoms with E-state index >= 15 is 0 Å². The van der Waals surface area contributed by atoms with Gasteiger partial charge in [0, 0.05) is 32.3 Å². The van der Waals surface area contributed by atoms with Gasteiger partial charge in [0.1, 0.15) is 6.10 Å². The molecule has 5 heteroatoms. The summed E-state index contributed by atoms with van der Waals surface area (Å²) < 4.78 is 10.4. The van der Waals surface area contributed by atoms with E-state index in [4.69, 9.17) is 15.2 Å². The Balaban J connectivity index is 1.73. The average Bonchev–Trinajstić information content (AvgIpc) is 2.30. The molecule has 2 aliphatic rings. The molecule has 2 N–H and O–H groups in total. The smallest absolute Gasteiger partial charge is 0.404 e. The topological polar surface area (TPSA) is 64.8 Å². The van der Waals surface area contributed by atoms with Crippen LogP contribution in [0.3, 0.4) is 0 Å². The average molecular weight is 228 g/mol. The molecular formula is C11H20N2O3. The molecule has 2 rings (SSSR count). The van der Waals surface area contributed by atoms with Crippen molar-refractivity contribution in [1.82, 2.24) is 4.90 Å². The van der Waals surface area contributed by atoms with Gasteiger partial charge in [-0.25, -0.2) is 4.79 Å². The molecule has 2 saturated heterocycles. The summed E-state index contributed by atoms with van der Waals surface area (Å²) in [6.45, 7) is 3.76. The standard InChI is InChI=1S/C11H20N2O3/c12-11(14)16-10-1-5-13(6-2-10)9-3-7-15-8-4-9/h9-10H,1-8H2,(H2,12,14). The lowest BCUT2D eigenvalue weighted by Crippen LogP contribution is -2.46. The van der Waals surface area contributed by atoms with Gasteiger partial charge in [-0.1, -0.05) is 0 Å². The zero-order chi connectivity index (χ0) is 11.4. The normalized spacial score (nSPS) is 25.5. The molecule has 0 aliphatic carbocycles.